The average Bonchev–Trinajstić information content (AvgIpc) is 3.23. The SMILES string of the molecule is COC1CC(c2cccc(N3Cc4c(cc(CNCC5(CO)CC6CC6C5)cc4C(F)(F)F)C3=O)c2)(c2nncn2C)C1. The first-order valence-corrected chi connectivity index (χ1v) is 14.9. The van der Waals surface area contributed by atoms with Crippen molar-refractivity contribution in [2.75, 3.05) is 25.2 Å². The number of methoxy groups -OCH3 is 1. The van der Waals surface area contributed by atoms with Crippen LogP contribution in [-0.4, -0.2) is 52.1 Å². The molecule has 7 rings (SSSR count). The normalized spacial score (nSPS) is 29.5. The van der Waals surface area contributed by atoms with Gasteiger partial charge in [0.2, 0.25) is 0 Å². The number of halogens is 3. The fraction of sp³-hybridized carbons (Fsp3) is 0.531. The first-order valence-electron chi connectivity index (χ1n) is 14.9. The second-order valence-corrected chi connectivity index (χ2v) is 13.1. The van der Waals surface area contributed by atoms with E-state index in [0.717, 1.165) is 24.2 Å². The standard InChI is InChI=1S/C32H36F3N5O3/c1-39-18-37-38-29(39)31(12-24(13-31)43-2)22-4-3-5-23(9-22)40-15-26-25(28(40)42)6-19(7-27(26)32(33,34)35)14-36-16-30(17-41)10-20-8-21(20)11-30/h3-7,9,18,20-21,24,36,41H,8,10-17H2,1-2H3. The van der Waals surface area contributed by atoms with E-state index in [1.54, 1.807) is 25.6 Å². The van der Waals surface area contributed by atoms with Crippen LogP contribution in [0.15, 0.2) is 42.7 Å². The Bertz CT molecular complexity index is 1550. The van der Waals surface area contributed by atoms with Gasteiger partial charge in [-0.1, -0.05) is 12.1 Å². The Morgan fingerprint density at radius 3 is 2.56 bits per heavy atom. The van der Waals surface area contributed by atoms with E-state index < -0.39 is 23.1 Å². The number of carbonyl (C=O) groups is 1. The van der Waals surface area contributed by atoms with Gasteiger partial charge in [0, 0.05) is 50.5 Å². The number of aliphatic hydroxyl groups is 1. The van der Waals surface area contributed by atoms with Crippen LogP contribution in [0.3, 0.4) is 0 Å². The Morgan fingerprint density at radius 1 is 1.14 bits per heavy atom. The highest BCUT2D eigenvalue weighted by Crippen LogP contribution is 2.59. The smallest absolute Gasteiger partial charge is 0.396 e. The average molecular weight is 596 g/mol. The number of benzene rings is 2. The molecule has 0 saturated heterocycles. The third-order valence-electron chi connectivity index (χ3n) is 10.4. The maximum absolute atomic E-state index is 14.3. The van der Waals surface area contributed by atoms with E-state index in [1.165, 1.54) is 17.4 Å². The summed E-state index contributed by atoms with van der Waals surface area (Å²) in [6.07, 6.45) is 1.58. The van der Waals surface area contributed by atoms with Crippen LogP contribution in [0.5, 0.6) is 0 Å². The highest BCUT2D eigenvalue weighted by Gasteiger charge is 2.53. The third kappa shape index (κ3) is 4.76. The van der Waals surface area contributed by atoms with Crippen molar-refractivity contribution in [2.45, 2.75) is 62.9 Å². The number of hydrogen-bond donors (Lipinski definition) is 2. The van der Waals surface area contributed by atoms with Gasteiger partial charge in [0.05, 0.1) is 23.6 Å². The molecular weight excluding hydrogens is 559 g/mol. The summed E-state index contributed by atoms with van der Waals surface area (Å²) in [5, 5.41) is 21.8. The molecule has 2 aromatic carbocycles. The lowest BCUT2D eigenvalue weighted by molar-refractivity contribution is -0.138. The highest BCUT2D eigenvalue weighted by atomic mass is 19.4. The first kappa shape index (κ1) is 28.5. The fourth-order valence-electron chi connectivity index (χ4n) is 7.96. The first-order chi connectivity index (χ1) is 20.6. The molecule has 1 aromatic heterocycles. The zero-order valence-electron chi connectivity index (χ0n) is 24.3. The number of ether oxygens (including phenoxy) is 1. The molecule has 3 saturated carbocycles. The molecular formula is C32H36F3N5O3. The van der Waals surface area contributed by atoms with E-state index >= 15 is 0 Å². The molecule has 3 aromatic rings. The summed E-state index contributed by atoms with van der Waals surface area (Å²) < 4.78 is 50.5. The van der Waals surface area contributed by atoms with Crippen molar-refractivity contribution in [2.24, 2.45) is 24.3 Å². The molecule has 11 heteroatoms. The van der Waals surface area contributed by atoms with Crippen LogP contribution in [0.1, 0.15) is 70.5 Å². The minimum absolute atomic E-state index is 0.000433. The summed E-state index contributed by atoms with van der Waals surface area (Å²) in [4.78, 5) is 15.2. The summed E-state index contributed by atoms with van der Waals surface area (Å²) >= 11 is 0. The van der Waals surface area contributed by atoms with Crippen LogP contribution in [0.2, 0.25) is 0 Å². The molecule has 2 heterocycles. The molecule has 2 N–H and O–H groups in total. The van der Waals surface area contributed by atoms with Gasteiger partial charge in [-0.05, 0) is 84.9 Å². The van der Waals surface area contributed by atoms with Gasteiger partial charge in [0.1, 0.15) is 12.2 Å². The number of anilines is 1. The maximum Gasteiger partial charge on any atom is 0.416 e. The largest absolute Gasteiger partial charge is 0.416 e. The van der Waals surface area contributed by atoms with Gasteiger partial charge >= 0.3 is 6.18 Å². The maximum atomic E-state index is 14.3. The van der Waals surface area contributed by atoms with E-state index in [2.05, 4.69) is 15.5 Å². The van der Waals surface area contributed by atoms with Crippen LogP contribution in [0.4, 0.5) is 18.9 Å². The fourth-order valence-corrected chi connectivity index (χ4v) is 7.96. The van der Waals surface area contributed by atoms with Crippen LogP contribution in [0.25, 0.3) is 0 Å². The highest BCUT2D eigenvalue weighted by molar-refractivity contribution is 6.10. The Kier molecular flexibility index (Phi) is 6.72. The molecule has 0 spiro atoms. The molecule has 2 unspecified atom stereocenters. The van der Waals surface area contributed by atoms with E-state index in [-0.39, 0.29) is 42.3 Å². The van der Waals surface area contributed by atoms with Crippen LogP contribution in [-0.2, 0) is 36.5 Å². The number of nitrogens with one attached hydrogen (secondary N) is 1. The molecule has 1 amide bonds. The summed E-state index contributed by atoms with van der Waals surface area (Å²) in [5.41, 5.74) is 0.501. The van der Waals surface area contributed by atoms with Crippen LogP contribution in [0, 0.1) is 17.3 Å². The van der Waals surface area contributed by atoms with E-state index in [0.29, 0.717) is 42.5 Å². The van der Waals surface area contributed by atoms with Gasteiger partial charge in [-0.15, -0.1) is 10.2 Å². The quantitative estimate of drug-likeness (QED) is 0.376. The molecule has 4 aliphatic rings. The number of aliphatic hydroxyl groups excluding tert-OH is 1. The zero-order valence-corrected chi connectivity index (χ0v) is 24.3. The Hall–Kier alpha value is -3.28. The van der Waals surface area contributed by atoms with Crippen molar-refractivity contribution in [3.63, 3.8) is 0 Å². The van der Waals surface area contributed by atoms with Gasteiger partial charge in [0.15, 0.2) is 0 Å². The molecule has 228 valence electrons. The summed E-state index contributed by atoms with van der Waals surface area (Å²) in [5.74, 6) is 1.68. The molecule has 0 radical (unpaired) electrons. The van der Waals surface area contributed by atoms with E-state index in [1.807, 2.05) is 29.8 Å². The number of carbonyl (C=O) groups excluding carboxylic acids is 1. The number of alkyl halides is 3. The molecule has 0 bridgehead atoms. The predicted molar refractivity (Wildman–Crippen MR) is 152 cm³/mol. The van der Waals surface area contributed by atoms with Crippen LogP contribution < -0.4 is 10.2 Å². The number of aryl methyl sites for hydroxylation is 1. The molecule has 8 nitrogen and oxygen atoms in total. The number of amides is 1. The molecule has 3 aliphatic carbocycles. The molecule has 3 fully saturated rings. The lowest BCUT2D eigenvalue weighted by Crippen LogP contribution is -2.48. The van der Waals surface area contributed by atoms with E-state index in [9.17, 15) is 23.1 Å². The number of nitrogens with zero attached hydrogens (tertiary/aromatic N) is 4. The third-order valence-corrected chi connectivity index (χ3v) is 10.4. The van der Waals surface area contributed by atoms with E-state index in [4.69, 9.17) is 4.74 Å². The van der Waals surface area contributed by atoms with Crippen molar-refractivity contribution in [1.29, 1.82) is 0 Å². The molecule has 2 atom stereocenters. The van der Waals surface area contributed by atoms with Gasteiger partial charge < -0.3 is 24.6 Å². The second kappa shape index (κ2) is 10.1. The second-order valence-electron chi connectivity index (χ2n) is 13.1. The van der Waals surface area contributed by atoms with Crippen LogP contribution >= 0.6 is 0 Å². The number of aromatic nitrogens is 3. The minimum Gasteiger partial charge on any atom is -0.396 e. The Labute approximate surface area is 248 Å². The summed E-state index contributed by atoms with van der Waals surface area (Å²) in [6.45, 7) is 0.645. The predicted octanol–water partition coefficient (Wildman–Crippen LogP) is 4.59. The van der Waals surface area contributed by atoms with Crippen molar-refractivity contribution < 1.29 is 27.8 Å². The summed E-state index contributed by atoms with van der Waals surface area (Å²) in [7, 11) is 3.55. The minimum atomic E-state index is -4.60. The number of rotatable bonds is 9. The van der Waals surface area contributed by atoms with Crippen molar-refractivity contribution in [3.05, 3.63) is 76.4 Å². The van der Waals surface area contributed by atoms with Gasteiger partial charge in [-0.3, -0.25) is 4.79 Å². The zero-order chi connectivity index (χ0) is 30.1. The molecule has 43 heavy (non-hydrogen) atoms. The van der Waals surface area contributed by atoms with Crippen molar-refractivity contribution in [3.8, 4) is 0 Å². The van der Waals surface area contributed by atoms with Gasteiger partial charge in [0.25, 0.3) is 5.91 Å². The Morgan fingerprint density at radius 2 is 1.91 bits per heavy atom. The lowest BCUT2D eigenvalue weighted by Gasteiger charge is -2.46. The summed E-state index contributed by atoms with van der Waals surface area (Å²) in [6, 6.07) is 10.2. The Balaban J connectivity index is 1.16. The lowest BCUT2D eigenvalue weighted by atomic mass is 9.62. The monoisotopic (exact) mass is 595 g/mol. The number of hydrogen-bond acceptors (Lipinski definition) is 6. The van der Waals surface area contributed by atoms with Gasteiger partial charge in [-0.2, -0.15) is 13.2 Å². The topological polar surface area (TPSA) is 92.5 Å². The van der Waals surface area contributed by atoms with Crippen molar-refractivity contribution >= 4 is 11.6 Å². The van der Waals surface area contributed by atoms with Gasteiger partial charge in [-0.25, -0.2) is 0 Å². The van der Waals surface area contributed by atoms with Crippen molar-refractivity contribution in [1.82, 2.24) is 20.1 Å². The number of fused-ring (bicyclic) bond motifs is 2. The molecule has 1 aliphatic heterocycles.